The fourth-order valence-electron chi connectivity index (χ4n) is 3.43. The van der Waals surface area contributed by atoms with E-state index in [2.05, 4.69) is 10.6 Å². The number of hydrogen-bond donors (Lipinski definition) is 4. The van der Waals surface area contributed by atoms with E-state index in [0.717, 1.165) is 4.90 Å². The van der Waals surface area contributed by atoms with E-state index in [1.54, 1.807) is 73.3 Å². The molecule has 9 heteroatoms. The predicted molar refractivity (Wildman–Crippen MR) is 144 cm³/mol. The van der Waals surface area contributed by atoms with Gasteiger partial charge in [-0.3, -0.25) is 10.1 Å². The molecule has 0 bridgehead atoms. The average Bonchev–Trinajstić information content (AvgIpc) is 2.87. The molecule has 8 nitrogen and oxygen atoms in total. The number of phenolic OH excluding ortho intramolecular Hbond substituents is 1. The van der Waals surface area contributed by atoms with E-state index >= 15 is 0 Å². The first-order chi connectivity index (χ1) is 17.3. The molecule has 0 unspecified atom stereocenters. The topological polar surface area (TPSA) is 123 Å². The monoisotopic (exact) mass is 507 g/mol. The zero-order valence-electron chi connectivity index (χ0n) is 20.2. The van der Waals surface area contributed by atoms with Gasteiger partial charge in [-0.25, -0.2) is 4.79 Å². The molecule has 2 amide bonds. The Balaban J connectivity index is 1.77. The Morgan fingerprint density at radius 3 is 2.42 bits per heavy atom. The maximum Gasteiger partial charge on any atom is 0.412 e. The number of aromatic hydroxyl groups is 1. The molecule has 0 aromatic heterocycles. The Kier molecular flexibility index (Phi) is 9.24. The summed E-state index contributed by atoms with van der Waals surface area (Å²) in [5.74, 6) is -0.611. The van der Waals surface area contributed by atoms with Crippen LogP contribution in [-0.2, 0) is 9.53 Å². The van der Waals surface area contributed by atoms with Crippen LogP contribution in [0.2, 0.25) is 0 Å². The number of nitrogens with one attached hydrogen (secondary N) is 2. The number of nitrogen functional groups attached to an aromatic ring is 1. The zero-order chi connectivity index (χ0) is 26.1. The second-order valence-electron chi connectivity index (χ2n) is 7.91. The van der Waals surface area contributed by atoms with E-state index in [9.17, 15) is 14.7 Å². The number of carbonyl (C=O) groups excluding carboxylic acids is 2. The lowest BCUT2D eigenvalue weighted by Gasteiger charge is -2.23. The van der Waals surface area contributed by atoms with Gasteiger partial charge in [-0.15, -0.1) is 11.8 Å². The molecule has 5 N–H and O–H groups in total. The van der Waals surface area contributed by atoms with Gasteiger partial charge < -0.3 is 25.6 Å². The molecule has 3 aromatic carbocycles. The van der Waals surface area contributed by atoms with E-state index in [4.69, 9.17) is 15.2 Å². The Hall–Kier alpha value is -4.11. The summed E-state index contributed by atoms with van der Waals surface area (Å²) in [7, 11) is 1.45. The summed E-state index contributed by atoms with van der Waals surface area (Å²) in [6.45, 7) is 1.80. The Morgan fingerprint density at radius 2 is 1.78 bits per heavy atom. The number of phenols is 1. The number of methoxy groups -OCH3 is 1. The van der Waals surface area contributed by atoms with Crippen molar-refractivity contribution in [3.8, 4) is 11.5 Å². The number of thioether (sulfide) groups is 1. The van der Waals surface area contributed by atoms with E-state index in [-0.39, 0.29) is 11.7 Å². The molecule has 3 aromatic rings. The molecular formula is C27H29N3O5S. The van der Waals surface area contributed by atoms with Crippen LogP contribution in [-0.4, -0.2) is 30.5 Å². The van der Waals surface area contributed by atoms with Crippen molar-refractivity contribution >= 4 is 40.8 Å². The van der Waals surface area contributed by atoms with Crippen LogP contribution in [0.5, 0.6) is 11.5 Å². The van der Waals surface area contributed by atoms with E-state index < -0.39 is 18.1 Å². The summed E-state index contributed by atoms with van der Waals surface area (Å²) < 4.78 is 10.9. The van der Waals surface area contributed by atoms with Gasteiger partial charge in [0.15, 0.2) is 11.5 Å². The third-order valence-corrected chi connectivity index (χ3v) is 6.09. The number of ether oxygens (including phenoxy) is 2. The van der Waals surface area contributed by atoms with Crippen LogP contribution >= 0.6 is 11.8 Å². The number of para-hydroxylation sites is 2. The highest BCUT2D eigenvalue weighted by molar-refractivity contribution is 7.98. The lowest BCUT2D eigenvalue weighted by Crippen LogP contribution is -2.21. The SMILES string of the molecule is COc1ccc([C@@H](OC(=O)Nc2ccc(SC)cc2)[C@H](C)/C=C/C(=O)Nc2ccccc2N)cc1O. The van der Waals surface area contributed by atoms with Crippen LogP contribution in [0.25, 0.3) is 0 Å². The maximum absolute atomic E-state index is 12.7. The number of nitrogens with two attached hydrogens (primary N) is 1. The van der Waals surface area contributed by atoms with Gasteiger partial charge in [0.1, 0.15) is 6.10 Å². The molecule has 0 saturated heterocycles. The summed E-state index contributed by atoms with van der Waals surface area (Å²) in [5, 5.41) is 15.7. The number of benzene rings is 3. The number of amides is 2. The molecule has 0 aliphatic heterocycles. The molecular weight excluding hydrogens is 478 g/mol. The molecule has 0 saturated carbocycles. The number of carbonyl (C=O) groups is 2. The van der Waals surface area contributed by atoms with E-state index in [1.165, 1.54) is 19.3 Å². The van der Waals surface area contributed by atoms with Crippen LogP contribution in [0.15, 0.2) is 83.8 Å². The van der Waals surface area contributed by atoms with Gasteiger partial charge in [-0.2, -0.15) is 0 Å². The van der Waals surface area contributed by atoms with Crippen molar-refractivity contribution < 1.29 is 24.2 Å². The Bertz CT molecular complexity index is 1230. The zero-order valence-corrected chi connectivity index (χ0v) is 21.0. The molecule has 0 fully saturated rings. The van der Waals surface area contributed by atoms with E-state index in [1.807, 2.05) is 18.4 Å². The summed E-state index contributed by atoms with van der Waals surface area (Å²) >= 11 is 1.60. The lowest BCUT2D eigenvalue weighted by molar-refractivity contribution is -0.111. The Labute approximate surface area is 214 Å². The minimum atomic E-state index is -0.807. The first-order valence-electron chi connectivity index (χ1n) is 11.1. The summed E-state index contributed by atoms with van der Waals surface area (Å²) in [6.07, 6.45) is 3.47. The van der Waals surface area contributed by atoms with Gasteiger partial charge in [0.05, 0.1) is 18.5 Å². The second-order valence-corrected chi connectivity index (χ2v) is 8.79. The van der Waals surface area contributed by atoms with Crippen LogP contribution in [0.3, 0.4) is 0 Å². The first kappa shape index (κ1) is 26.5. The Morgan fingerprint density at radius 1 is 1.06 bits per heavy atom. The third kappa shape index (κ3) is 7.19. The van der Waals surface area contributed by atoms with Crippen molar-refractivity contribution in [3.05, 3.63) is 84.4 Å². The van der Waals surface area contributed by atoms with Crippen molar-refractivity contribution in [3.63, 3.8) is 0 Å². The molecule has 0 spiro atoms. The highest BCUT2D eigenvalue weighted by Gasteiger charge is 2.24. The minimum absolute atomic E-state index is 0.0925. The third-order valence-electron chi connectivity index (χ3n) is 5.35. The van der Waals surface area contributed by atoms with Crippen molar-refractivity contribution in [1.82, 2.24) is 0 Å². The van der Waals surface area contributed by atoms with Crippen molar-refractivity contribution in [2.75, 3.05) is 29.7 Å². The smallest absolute Gasteiger partial charge is 0.412 e. The largest absolute Gasteiger partial charge is 0.504 e. The first-order valence-corrected chi connectivity index (χ1v) is 12.4. The molecule has 0 heterocycles. The highest BCUT2D eigenvalue weighted by Crippen LogP contribution is 2.34. The van der Waals surface area contributed by atoms with Crippen LogP contribution < -0.4 is 21.1 Å². The summed E-state index contributed by atoms with van der Waals surface area (Å²) in [4.78, 5) is 26.3. The van der Waals surface area contributed by atoms with Crippen LogP contribution in [0, 0.1) is 5.92 Å². The molecule has 0 aliphatic rings. The van der Waals surface area contributed by atoms with Crippen molar-refractivity contribution in [1.29, 1.82) is 0 Å². The second kappa shape index (κ2) is 12.6. The molecule has 2 atom stereocenters. The molecule has 36 heavy (non-hydrogen) atoms. The maximum atomic E-state index is 12.7. The van der Waals surface area contributed by atoms with Crippen molar-refractivity contribution in [2.24, 2.45) is 5.92 Å². The molecule has 0 radical (unpaired) electrons. The van der Waals surface area contributed by atoms with Gasteiger partial charge in [-0.1, -0.05) is 31.2 Å². The van der Waals surface area contributed by atoms with Gasteiger partial charge in [-0.05, 0) is 66.4 Å². The fraction of sp³-hybridized carbons (Fsp3) is 0.185. The quantitative estimate of drug-likeness (QED) is 0.163. The van der Waals surface area contributed by atoms with Crippen LogP contribution in [0.1, 0.15) is 18.6 Å². The lowest BCUT2D eigenvalue weighted by atomic mass is 9.96. The van der Waals surface area contributed by atoms with Crippen molar-refractivity contribution in [2.45, 2.75) is 17.9 Å². The summed E-state index contributed by atoms with van der Waals surface area (Å²) in [5.41, 5.74) is 7.94. The number of hydrogen-bond acceptors (Lipinski definition) is 7. The molecule has 188 valence electrons. The fourth-order valence-corrected chi connectivity index (χ4v) is 3.83. The van der Waals surface area contributed by atoms with Gasteiger partial charge in [0, 0.05) is 16.5 Å². The van der Waals surface area contributed by atoms with E-state index in [0.29, 0.717) is 28.4 Å². The molecule has 3 rings (SSSR count). The number of anilines is 3. The summed E-state index contributed by atoms with van der Waals surface area (Å²) in [6, 6.07) is 19.0. The normalized spacial score (nSPS) is 12.5. The minimum Gasteiger partial charge on any atom is -0.504 e. The van der Waals surface area contributed by atoms with Gasteiger partial charge in [0.2, 0.25) is 5.91 Å². The highest BCUT2D eigenvalue weighted by atomic mass is 32.2. The predicted octanol–water partition coefficient (Wildman–Crippen LogP) is 5.83. The van der Waals surface area contributed by atoms with Gasteiger partial charge in [0.25, 0.3) is 0 Å². The van der Waals surface area contributed by atoms with Gasteiger partial charge >= 0.3 is 6.09 Å². The standard InChI is InChI=1S/C27H29N3O5S/c1-17(8-15-25(32)30-22-7-5-4-6-21(22)28)26(18-9-14-24(34-2)23(31)16-18)35-27(33)29-19-10-12-20(36-3)13-11-19/h4-17,26,31H,28H2,1-3H3,(H,29,33)(H,30,32)/b15-8+/t17-,26+/m1/s1. The van der Waals surface area contributed by atoms with Crippen LogP contribution in [0.4, 0.5) is 21.9 Å². The molecule has 0 aliphatic carbocycles. The average molecular weight is 508 g/mol. The number of rotatable bonds is 9.